The molecule has 112 valence electrons. The van der Waals surface area contributed by atoms with E-state index >= 15 is 0 Å². The highest BCUT2D eigenvalue weighted by Gasteiger charge is 2.35. The van der Waals surface area contributed by atoms with Gasteiger partial charge in [0.1, 0.15) is 5.41 Å². The van der Waals surface area contributed by atoms with E-state index in [1.165, 1.54) is 0 Å². The first-order valence-electron chi connectivity index (χ1n) is 6.52. The van der Waals surface area contributed by atoms with Crippen molar-refractivity contribution < 1.29 is 14.3 Å². The van der Waals surface area contributed by atoms with Crippen LogP contribution >= 0.6 is 0 Å². The number of rotatable bonds is 9. The minimum absolute atomic E-state index is 0.251. The van der Waals surface area contributed by atoms with Gasteiger partial charge in [0.25, 0.3) is 0 Å². The number of methoxy groups -OCH3 is 1. The maximum absolute atomic E-state index is 12.0. The Kier molecular flexibility index (Phi) is 8.34. The number of hydrogen-bond donors (Lipinski definition) is 2. The Morgan fingerprint density at radius 2 is 1.63 bits per heavy atom. The average Bonchev–Trinajstić information content (AvgIpc) is 2.33. The zero-order chi connectivity index (χ0) is 14.9. The molecule has 0 aliphatic heterocycles. The lowest BCUT2D eigenvalue weighted by Crippen LogP contribution is -2.49. The maximum Gasteiger partial charge on any atom is 0.235 e. The van der Waals surface area contributed by atoms with Gasteiger partial charge < -0.3 is 20.3 Å². The van der Waals surface area contributed by atoms with Crippen LogP contribution in [0.3, 0.4) is 0 Å². The Hall–Kier alpha value is -1.14. The zero-order valence-corrected chi connectivity index (χ0v) is 12.7. The molecule has 6 heteroatoms. The minimum Gasteiger partial charge on any atom is -0.385 e. The third-order valence-electron chi connectivity index (χ3n) is 2.79. The second-order valence-corrected chi connectivity index (χ2v) is 5.29. The summed E-state index contributed by atoms with van der Waals surface area (Å²) in [6.07, 6.45) is 0.737. The molecule has 2 N–H and O–H groups in total. The van der Waals surface area contributed by atoms with Gasteiger partial charge in [0.05, 0.1) is 0 Å². The smallest absolute Gasteiger partial charge is 0.235 e. The SMILES string of the molecule is COCCCNC(=O)C(C)(C)C(=O)NCCN(C)C. The van der Waals surface area contributed by atoms with Crippen molar-refractivity contribution in [2.75, 3.05) is 47.4 Å². The first kappa shape index (κ1) is 17.9. The van der Waals surface area contributed by atoms with Gasteiger partial charge in [-0.2, -0.15) is 0 Å². The fourth-order valence-electron chi connectivity index (χ4n) is 1.36. The van der Waals surface area contributed by atoms with E-state index in [4.69, 9.17) is 4.74 Å². The van der Waals surface area contributed by atoms with Crippen molar-refractivity contribution in [3.63, 3.8) is 0 Å². The molecule has 6 nitrogen and oxygen atoms in total. The summed E-state index contributed by atoms with van der Waals surface area (Å²) in [6.45, 7) is 5.65. The predicted molar refractivity (Wildman–Crippen MR) is 74.8 cm³/mol. The predicted octanol–water partition coefficient (Wildman–Crippen LogP) is -0.157. The first-order chi connectivity index (χ1) is 8.82. The highest BCUT2D eigenvalue weighted by molar-refractivity contribution is 6.04. The van der Waals surface area contributed by atoms with E-state index in [0.29, 0.717) is 19.7 Å². The van der Waals surface area contributed by atoms with Gasteiger partial charge in [0, 0.05) is 33.4 Å². The summed E-state index contributed by atoms with van der Waals surface area (Å²) in [7, 11) is 5.48. The highest BCUT2D eigenvalue weighted by Crippen LogP contribution is 2.15. The number of likely N-dealkylation sites (N-methyl/N-ethyl adjacent to an activating group) is 1. The molecular weight excluding hydrogens is 246 g/mol. The molecule has 0 heterocycles. The second kappa shape index (κ2) is 8.87. The highest BCUT2D eigenvalue weighted by atomic mass is 16.5. The molecule has 0 fully saturated rings. The van der Waals surface area contributed by atoms with E-state index in [9.17, 15) is 9.59 Å². The van der Waals surface area contributed by atoms with E-state index < -0.39 is 5.41 Å². The molecule has 2 amide bonds. The van der Waals surface area contributed by atoms with Gasteiger partial charge in [0.2, 0.25) is 11.8 Å². The fraction of sp³-hybridized carbons (Fsp3) is 0.846. The van der Waals surface area contributed by atoms with E-state index in [0.717, 1.165) is 13.0 Å². The van der Waals surface area contributed by atoms with Crippen molar-refractivity contribution in [2.24, 2.45) is 5.41 Å². The van der Waals surface area contributed by atoms with E-state index in [1.807, 2.05) is 19.0 Å². The number of carbonyl (C=O) groups is 2. The van der Waals surface area contributed by atoms with Crippen LogP contribution in [0.4, 0.5) is 0 Å². The maximum atomic E-state index is 12.0. The standard InChI is InChI=1S/C13H27N3O3/c1-13(2,11(17)14-7-6-10-19-5)12(18)15-8-9-16(3)4/h6-10H2,1-5H3,(H,14,17)(H,15,18). The molecule has 0 unspecified atom stereocenters. The molecule has 0 spiro atoms. The Bertz CT molecular complexity index is 291. The lowest BCUT2D eigenvalue weighted by atomic mass is 9.91. The number of carbonyl (C=O) groups excluding carboxylic acids is 2. The Balaban J connectivity index is 4.11. The Morgan fingerprint density at radius 3 is 2.11 bits per heavy atom. The quantitative estimate of drug-likeness (QED) is 0.452. The summed E-state index contributed by atoms with van der Waals surface area (Å²) in [6, 6.07) is 0. The van der Waals surface area contributed by atoms with Gasteiger partial charge in [-0.25, -0.2) is 0 Å². The number of amides is 2. The van der Waals surface area contributed by atoms with Gasteiger partial charge in [-0.15, -0.1) is 0 Å². The molecule has 0 aliphatic rings. The summed E-state index contributed by atoms with van der Waals surface area (Å²) in [5.41, 5.74) is -1.06. The molecule has 0 rings (SSSR count). The van der Waals surface area contributed by atoms with Crippen molar-refractivity contribution in [3.05, 3.63) is 0 Å². The van der Waals surface area contributed by atoms with E-state index in [-0.39, 0.29) is 11.8 Å². The normalized spacial score (nSPS) is 11.5. The number of ether oxygens (including phenoxy) is 1. The topological polar surface area (TPSA) is 70.7 Å². The molecular formula is C13H27N3O3. The summed E-state index contributed by atoms with van der Waals surface area (Å²) in [5.74, 6) is -0.510. The summed E-state index contributed by atoms with van der Waals surface area (Å²) in [4.78, 5) is 25.9. The van der Waals surface area contributed by atoms with Crippen LogP contribution in [0, 0.1) is 5.41 Å². The van der Waals surface area contributed by atoms with Crippen LogP contribution in [0.25, 0.3) is 0 Å². The van der Waals surface area contributed by atoms with Crippen molar-refractivity contribution >= 4 is 11.8 Å². The molecule has 19 heavy (non-hydrogen) atoms. The molecule has 0 aliphatic carbocycles. The monoisotopic (exact) mass is 273 g/mol. The van der Waals surface area contributed by atoms with Crippen LogP contribution in [0.5, 0.6) is 0 Å². The van der Waals surface area contributed by atoms with Crippen LogP contribution < -0.4 is 10.6 Å². The van der Waals surface area contributed by atoms with Crippen LogP contribution in [0.2, 0.25) is 0 Å². The Labute approximate surface area is 115 Å². The third kappa shape index (κ3) is 7.12. The molecule has 0 aromatic heterocycles. The fourth-order valence-corrected chi connectivity index (χ4v) is 1.36. The van der Waals surface area contributed by atoms with Gasteiger partial charge in [0.15, 0.2) is 0 Å². The van der Waals surface area contributed by atoms with Crippen molar-refractivity contribution in [2.45, 2.75) is 20.3 Å². The van der Waals surface area contributed by atoms with Crippen LogP contribution in [0.15, 0.2) is 0 Å². The largest absolute Gasteiger partial charge is 0.385 e. The molecule has 0 atom stereocenters. The molecule has 0 saturated heterocycles. The number of nitrogens with one attached hydrogen (secondary N) is 2. The molecule has 0 aromatic carbocycles. The Morgan fingerprint density at radius 1 is 1.11 bits per heavy atom. The zero-order valence-electron chi connectivity index (χ0n) is 12.7. The van der Waals surface area contributed by atoms with Crippen molar-refractivity contribution in [1.29, 1.82) is 0 Å². The van der Waals surface area contributed by atoms with Gasteiger partial charge in [-0.3, -0.25) is 9.59 Å². The van der Waals surface area contributed by atoms with Crippen LogP contribution in [-0.2, 0) is 14.3 Å². The number of nitrogens with zero attached hydrogens (tertiary/aromatic N) is 1. The number of hydrogen-bond acceptors (Lipinski definition) is 4. The lowest BCUT2D eigenvalue weighted by Gasteiger charge is -2.23. The van der Waals surface area contributed by atoms with E-state index in [2.05, 4.69) is 10.6 Å². The van der Waals surface area contributed by atoms with Crippen LogP contribution in [0.1, 0.15) is 20.3 Å². The second-order valence-electron chi connectivity index (χ2n) is 5.29. The average molecular weight is 273 g/mol. The third-order valence-corrected chi connectivity index (χ3v) is 2.79. The van der Waals surface area contributed by atoms with Crippen molar-refractivity contribution in [1.82, 2.24) is 15.5 Å². The molecule has 0 radical (unpaired) electrons. The molecule has 0 aromatic rings. The van der Waals surface area contributed by atoms with Crippen molar-refractivity contribution in [3.8, 4) is 0 Å². The molecule has 0 saturated carbocycles. The van der Waals surface area contributed by atoms with Gasteiger partial charge >= 0.3 is 0 Å². The first-order valence-corrected chi connectivity index (χ1v) is 6.52. The summed E-state index contributed by atoms with van der Waals surface area (Å²) < 4.78 is 4.90. The van der Waals surface area contributed by atoms with Gasteiger partial charge in [-0.05, 0) is 34.4 Å². The van der Waals surface area contributed by atoms with E-state index in [1.54, 1.807) is 21.0 Å². The summed E-state index contributed by atoms with van der Waals surface area (Å²) in [5, 5.41) is 5.52. The lowest BCUT2D eigenvalue weighted by molar-refractivity contribution is -0.141. The van der Waals surface area contributed by atoms with Crippen LogP contribution in [-0.4, -0.2) is 64.2 Å². The molecule has 0 bridgehead atoms. The van der Waals surface area contributed by atoms with Gasteiger partial charge in [-0.1, -0.05) is 0 Å². The minimum atomic E-state index is -1.06. The summed E-state index contributed by atoms with van der Waals surface area (Å²) >= 11 is 0.